The van der Waals surface area contributed by atoms with Crippen molar-refractivity contribution in [1.29, 1.82) is 0 Å². The number of thiocarbonyl (C=S) groups is 1. The van der Waals surface area contributed by atoms with E-state index in [2.05, 4.69) is 20.9 Å². The molecule has 21 heavy (non-hydrogen) atoms. The van der Waals surface area contributed by atoms with E-state index in [0.29, 0.717) is 9.23 Å². The minimum atomic E-state index is -0.113. The zero-order valence-electron chi connectivity index (χ0n) is 10.7. The van der Waals surface area contributed by atoms with Gasteiger partial charge in [-0.3, -0.25) is 14.7 Å². The molecule has 1 aliphatic heterocycles. The van der Waals surface area contributed by atoms with Crippen molar-refractivity contribution in [3.63, 3.8) is 0 Å². The van der Waals surface area contributed by atoms with Crippen LogP contribution in [0.25, 0.3) is 6.08 Å². The van der Waals surface area contributed by atoms with Crippen molar-refractivity contribution in [2.75, 3.05) is 4.90 Å². The molecule has 104 valence electrons. The Labute approximate surface area is 140 Å². The topological polar surface area (TPSA) is 33.2 Å². The molecular formula is C15H9BrN2OS2. The number of anilines is 1. The van der Waals surface area contributed by atoms with Crippen molar-refractivity contribution >= 4 is 61.9 Å². The Kier molecular flexibility index (Phi) is 4.19. The largest absolute Gasteiger partial charge is 0.270 e. The van der Waals surface area contributed by atoms with Gasteiger partial charge in [-0.25, -0.2) is 0 Å². The predicted molar refractivity (Wildman–Crippen MR) is 94.0 cm³/mol. The first-order chi connectivity index (χ1) is 10.1. The number of amides is 1. The molecule has 0 N–H and O–H groups in total. The molecule has 0 radical (unpaired) electrons. The highest BCUT2D eigenvalue weighted by Gasteiger charge is 2.33. The molecule has 0 spiro atoms. The second-order valence-corrected chi connectivity index (χ2v) is 6.84. The molecule has 1 aromatic heterocycles. The molecule has 0 atom stereocenters. The van der Waals surface area contributed by atoms with Gasteiger partial charge in [0.25, 0.3) is 5.91 Å². The molecule has 6 heteroatoms. The van der Waals surface area contributed by atoms with Gasteiger partial charge in [0.1, 0.15) is 0 Å². The number of thioether (sulfide) groups is 1. The summed E-state index contributed by atoms with van der Waals surface area (Å²) in [6.07, 6.45) is 3.46. The lowest BCUT2D eigenvalue weighted by molar-refractivity contribution is -0.113. The fourth-order valence-corrected chi connectivity index (χ4v) is 3.42. The third kappa shape index (κ3) is 3.07. The minimum absolute atomic E-state index is 0.113. The Balaban J connectivity index is 1.92. The fraction of sp³-hybridized carbons (Fsp3) is 0. The first kappa shape index (κ1) is 14.4. The number of benzene rings is 1. The lowest BCUT2D eigenvalue weighted by atomic mass is 10.2. The first-order valence-corrected chi connectivity index (χ1v) is 8.11. The van der Waals surface area contributed by atoms with Crippen molar-refractivity contribution in [3.8, 4) is 0 Å². The Bertz CT molecular complexity index is 729. The Morgan fingerprint density at radius 2 is 1.95 bits per heavy atom. The van der Waals surface area contributed by atoms with E-state index in [-0.39, 0.29) is 5.91 Å². The van der Waals surface area contributed by atoms with E-state index < -0.39 is 0 Å². The van der Waals surface area contributed by atoms with Gasteiger partial charge in [0.2, 0.25) is 0 Å². The summed E-state index contributed by atoms with van der Waals surface area (Å²) in [7, 11) is 0. The molecule has 3 nitrogen and oxygen atoms in total. The summed E-state index contributed by atoms with van der Waals surface area (Å²) in [6.45, 7) is 0. The van der Waals surface area contributed by atoms with Crippen LogP contribution in [0.3, 0.4) is 0 Å². The number of hydrogen-bond acceptors (Lipinski definition) is 4. The van der Waals surface area contributed by atoms with Crippen molar-refractivity contribution in [1.82, 2.24) is 4.98 Å². The maximum absolute atomic E-state index is 12.5. The average Bonchev–Trinajstić information content (AvgIpc) is 2.76. The predicted octanol–water partition coefficient (Wildman–Crippen LogP) is 4.25. The lowest BCUT2D eigenvalue weighted by Crippen LogP contribution is -2.27. The van der Waals surface area contributed by atoms with E-state index >= 15 is 0 Å². The van der Waals surface area contributed by atoms with Crippen molar-refractivity contribution in [2.45, 2.75) is 0 Å². The summed E-state index contributed by atoms with van der Waals surface area (Å²) in [5, 5.41) is 0. The monoisotopic (exact) mass is 376 g/mol. The summed E-state index contributed by atoms with van der Waals surface area (Å²) in [5.41, 5.74) is 1.51. The summed E-state index contributed by atoms with van der Waals surface area (Å²) >= 11 is 9.99. The van der Waals surface area contributed by atoms with Crippen LogP contribution in [0.1, 0.15) is 5.69 Å². The summed E-state index contributed by atoms with van der Waals surface area (Å²) in [4.78, 5) is 18.8. The van der Waals surface area contributed by atoms with Crippen molar-refractivity contribution in [2.24, 2.45) is 0 Å². The van der Waals surface area contributed by atoms with Crippen LogP contribution < -0.4 is 4.90 Å². The van der Waals surface area contributed by atoms with Crippen LogP contribution in [0.5, 0.6) is 0 Å². The van der Waals surface area contributed by atoms with Gasteiger partial charge in [-0.1, -0.05) is 46.0 Å². The molecule has 0 bridgehead atoms. The van der Waals surface area contributed by atoms with Gasteiger partial charge in [-0.2, -0.15) is 0 Å². The smallest absolute Gasteiger partial charge is 0.268 e. The Hall–Kier alpha value is -1.50. The number of hydrogen-bond donors (Lipinski definition) is 0. The fourth-order valence-electron chi connectivity index (χ4n) is 1.88. The minimum Gasteiger partial charge on any atom is -0.268 e. The van der Waals surface area contributed by atoms with Crippen molar-refractivity contribution in [3.05, 3.63) is 63.7 Å². The molecule has 3 rings (SSSR count). The molecule has 0 aliphatic carbocycles. The van der Waals surface area contributed by atoms with E-state index in [1.807, 2.05) is 42.5 Å². The Morgan fingerprint density at radius 1 is 1.19 bits per heavy atom. The molecule has 1 aromatic carbocycles. The molecule has 1 aliphatic rings. The summed E-state index contributed by atoms with van der Waals surface area (Å²) in [5.74, 6) is -0.113. The quantitative estimate of drug-likeness (QED) is 0.579. The summed E-state index contributed by atoms with van der Waals surface area (Å²) < 4.78 is 1.49. The summed E-state index contributed by atoms with van der Waals surface area (Å²) in [6, 6.07) is 13.1. The molecule has 1 saturated heterocycles. The molecule has 0 saturated carbocycles. The van der Waals surface area contributed by atoms with Gasteiger partial charge in [0, 0.05) is 10.7 Å². The average molecular weight is 377 g/mol. The molecule has 2 heterocycles. The number of carbonyl (C=O) groups is 1. The van der Waals surface area contributed by atoms with E-state index in [1.54, 1.807) is 17.2 Å². The molecule has 0 unspecified atom stereocenters. The zero-order valence-corrected chi connectivity index (χ0v) is 13.9. The highest BCUT2D eigenvalue weighted by molar-refractivity contribution is 9.10. The lowest BCUT2D eigenvalue weighted by Gasteiger charge is -2.14. The maximum atomic E-state index is 12.5. The van der Waals surface area contributed by atoms with E-state index in [4.69, 9.17) is 12.2 Å². The highest BCUT2D eigenvalue weighted by Crippen LogP contribution is 2.36. The van der Waals surface area contributed by atoms with Crippen LogP contribution in [0.4, 0.5) is 5.69 Å². The van der Waals surface area contributed by atoms with Gasteiger partial charge in [-0.05, 0) is 42.5 Å². The number of aromatic nitrogens is 1. The second-order valence-electron chi connectivity index (χ2n) is 4.25. The molecular weight excluding hydrogens is 368 g/mol. The van der Waals surface area contributed by atoms with Crippen LogP contribution in [-0.4, -0.2) is 15.2 Å². The van der Waals surface area contributed by atoms with E-state index in [1.165, 1.54) is 11.8 Å². The number of rotatable bonds is 2. The number of pyridine rings is 1. The van der Waals surface area contributed by atoms with E-state index in [0.717, 1.165) is 15.9 Å². The number of nitrogens with zero attached hydrogens (tertiary/aromatic N) is 2. The normalized spacial score (nSPS) is 16.8. The Morgan fingerprint density at radius 3 is 2.62 bits per heavy atom. The third-order valence-electron chi connectivity index (χ3n) is 2.85. The van der Waals surface area contributed by atoms with Crippen molar-refractivity contribution < 1.29 is 4.79 Å². The molecule has 1 amide bonds. The number of carbonyl (C=O) groups excluding carboxylic acids is 1. The SMILES string of the molecule is O=C1/C(=C/c2ccccn2)SC(=S)N1c1ccc(Br)cc1. The molecule has 1 fully saturated rings. The third-order valence-corrected chi connectivity index (χ3v) is 4.68. The van der Waals surface area contributed by atoms with Crippen LogP contribution in [0, 0.1) is 0 Å². The van der Waals surface area contributed by atoms with Gasteiger partial charge in [-0.15, -0.1) is 0 Å². The highest BCUT2D eigenvalue weighted by atomic mass is 79.9. The van der Waals surface area contributed by atoms with Crippen LogP contribution >= 0.6 is 39.9 Å². The van der Waals surface area contributed by atoms with Gasteiger partial charge in [0.15, 0.2) is 4.32 Å². The van der Waals surface area contributed by atoms with Crippen LogP contribution in [0.15, 0.2) is 58.0 Å². The number of halogens is 1. The second kappa shape index (κ2) is 6.09. The zero-order chi connectivity index (χ0) is 14.8. The maximum Gasteiger partial charge on any atom is 0.270 e. The van der Waals surface area contributed by atoms with E-state index in [9.17, 15) is 4.79 Å². The molecule has 2 aromatic rings. The van der Waals surface area contributed by atoms with Crippen LogP contribution in [0.2, 0.25) is 0 Å². The standard InChI is InChI=1S/C15H9BrN2OS2/c16-10-4-6-12(7-5-10)18-14(19)13(21-15(18)20)9-11-3-1-2-8-17-11/h1-9H/b13-9-. The van der Waals surface area contributed by atoms with Gasteiger partial charge >= 0.3 is 0 Å². The first-order valence-electron chi connectivity index (χ1n) is 6.10. The van der Waals surface area contributed by atoms with Crippen LogP contribution in [-0.2, 0) is 4.79 Å². The van der Waals surface area contributed by atoms with Gasteiger partial charge in [0.05, 0.1) is 16.3 Å². The van der Waals surface area contributed by atoms with Gasteiger partial charge < -0.3 is 0 Å².